The van der Waals surface area contributed by atoms with Gasteiger partial charge in [0.15, 0.2) is 0 Å². The molecule has 1 atom stereocenters. The van der Waals surface area contributed by atoms with Gasteiger partial charge in [-0.15, -0.1) is 0 Å². The summed E-state index contributed by atoms with van der Waals surface area (Å²) in [5, 5.41) is 0. The molecule has 1 aliphatic heterocycles. The Morgan fingerprint density at radius 1 is 1.55 bits per heavy atom. The highest BCUT2D eigenvalue weighted by molar-refractivity contribution is 7.83. The molecule has 0 aliphatic carbocycles. The molecule has 0 saturated carbocycles. The van der Waals surface area contributed by atoms with Gasteiger partial charge in [-0.25, -0.2) is 4.21 Å². The number of hydrogen-bond donors (Lipinski definition) is 0. The van der Waals surface area contributed by atoms with Gasteiger partial charge in [-0.1, -0.05) is 13.8 Å². The molecule has 3 nitrogen and oxygen atoms in total. The molecule has 1 rings (SSSR count). The molecular weight excluding hydrogens is 162 g/mol. The van der Waals surface area contributed by atoms with E-state index in [2.05, 4.69) is 0 Å². The first-order chi connectivity index (χ1) is 5.13. The summed E-state index contributed by atoms with van der Waals surface area (Å²) >= 11 is 0. The topological polar surface area (TPSA) is 37.4 Å². The van der Waals surface area contributed by atoms with Crippen molar-refractivity contribution in [3.8, 4) is 0 Å². The van der Waals surface area contributed by atoms with Crippen molar-refractivity contribution in [2.24, 2.45) is 5.92 Å². The SMILES string of the molecule is CC(C)C(=O)N1CCCS1=O. The zero-order valence-electron chi connectivity index (χ0n) is 6.87. The first kappa shape index (κ1) is 8.71. The summed E-state index contributed by atoms with van der Waals surface area (Å²) in [5.74, 6) is 0.635. The maximum absolute atomic E-state index is 11.3. The van der Waals surface area contributed by atoms with Crippen LogP contribution in [0.4, 0.5) is 0 Å². The fourth-order valence-electron chi connectivity index (χ4n) is 1.04. The highest BCUT2D eigenvalue weighted by Crippen LogP contribution is 2.12. The summed E-state index contributed by atoms with van der Waals surface area (Å²) in [6.45, 7) is 4.33. The normalized spacial score (nSPS) is 24.6. The second-order valence-corrected chi connectivity index (χ2v) is 4.47. The fraction of sp³-hybridized carbons (Fsp3) is 0.857. The number of carbonyl (C=O) groups excluding carboxylic acids is 1. The highest BCUT2D eigenvalue weighted by atomic mass is 32.2. The van der Waals surface area contributed by atoms with Crippen LogP contribution in [0.5, 0.6) is 0 Å². The lowest BCUT2D eigenvalue weighted by atomic mass is 10.2. The summed E-state index contributed by atoms with van der Waals surface area (Å²) in [6.07, 6.45) is 0.880. The predicted molar refractivity (Wildman–Crippen MR) is 44.2 cm³/mol. The number of hydrogen-bond acceptors (Lipinski definition) is 2. The van der Waals surface area contributed by atoms with Gasteiger partial charge in [-0.3, -0.25) is 9.10 Å². The van der Waals surface area contributed by atoms with Crippen molar-refractivity contribution >= 4 is 16.9 Å². The molecule has 0 bridgehead atoms. The second kappa shape index (κ2) is 3.34. The Labute approximate surface area is 69.4 Å². The lowest BCUT2D eigenvalue weighted by molar-refractivity contribution is -0.129. The molecule has 0 N–H and O–H groups in total. The van der Waals surface area contributed by atoms with Gasteiger partial charge in [-0.05, 0) is 6.42 Å². The Bertz CT molecular complexity index is 191. The van der Waals surface area contributed by atoms with Crippen LogP contribution in [-0.2, 0) is 15.8 Å². The maximum Gasteiger partial charge on any atom is 0.236 e. The number of rotatable bonds is 1. The van der Waals surface area contributed by atoms with Gasteiger partial charge in [0.05, 0.1) is 0 Å². The van der Waals surface area contributed by atoms with E-state index in [1.54, 1.807) is 0 Å². The fourth-order valence-corrected chi connectivity index (χ4v) is 2.38. The third-order valence-corrected chi connectivity index (χ3v) is 3.16. The first-order valence-electron chi connectivity index (χ1n) is 3.83. The van der Waals surface area contributed by atoms with Gasteiger partial charge < -0.3 is 0 Å². The molecule has 4 heteroatoms. The van der Waals surface area contributed by atoms with E-state index in [0.29, 0.717) is 12.3 Å². The third-order valence-electron chi connectivity index (χ3n) is 1.67. The van der Waals surface area contributed by atoms with Crippen LogP contribution in [-0.4, -0.2) is 26.7 Å². The monoisotopic (exact) mass is 175 g/mol. The van der Waals surface area contributed by atoms with Crippen molar-refractivity contribution in [2.45, 2.75) is 20.3 Å². The Balaban J connectivity index is 2.60. The Morgan fingerprint density at radius 2 is 2.18 bits per heavy atom. The molecule has 1 heterocycles. The summed E-state index contributed by atoms with van der Waals surface area (Å²) in [7, 11) is -1.03. The van der Waals surface area contributed by atoms with Gasteiger partial charge in [0.2, 0.25) is 5.91 Å². The van der Waals surface area contributed by atoms with Crippen molar-refractivity contribution in [1.82, 2.24) is 4.31 Å². The van der Waals surface area contributed by atoms with Gasteiger partial charge in [0.25, 0.3) is 0 Å². The molecule has 0 aromatic carbocycles. The molecule has 64 valence electrons. The molecule has 1 amide bonds. The number of carbonyl (C=O) groups is 1. The highest BCUT2D eigenvalue weighted by Gasteiger charge is 2.26. The molecule has 1 unspecified atom stereocenters. The zero-order valence-corrected chi connectivity index (χ0v) is 7.69. The van der Waals surface area contributed by atoms with E-state index in [1.807, 2.05) is 13.8 Å². The van der Waals surface area contributed by atoms with Crippen LogP contribution in [0.1, 0.15) is 20.3 Å². The van der Waals surface area contributed by atoms with E-state index in [4.69, 9.17) is 0 Å². The van der Waals surface area contributed by atoms with Gasteiger partial charge in [0, 0.05) is 18.2 Å². The van der Waals surface area contributed by atoms with Crippen molar-refractivity contribution in [3.05, 3.63) is 0 Å². The molecule has 0 aromatic heterocycles. The minimum Gasteiger partial charge on any atom is -0.274 e. The average molecular weight is 175 g/mol. The molecule has 1 fully saturated rings. The lowest BCUT2D eigenvalue weighted by Gasteiger charge is -2.15. The molecule has 0 aromatic rings. The largest absolute Gasteiger partial charge is 0.274 e. The molecule has 0 radical (unpaired) electrons. The molecule has 1 aliphatic rings. The Hall–Kier alpha value is -0.380. The minimum atomic E-state index is -1.03. The quantitative estimate of drug-likeness (QED) is 0.583. The van der Waals surface area contributed by atoms with Crippen molar-refractivity contribution in [1.29, 1.82) is 0 Å². The van der Waals surface area contributed by atoms with Crippen LogP contribution in [0.25, 0.3) is 0 Å². The average Bonchev–Trinajstić information content (AvgIpc) is 2.33. The summed E-state index contributed by atoms with van der Waals surface area (Å²) < 4.78 is 12.6. The van der Waals surface area contributed by atoms with Crippen LogP contribution in [0, 0.1) is 5.92 Å². The number of amides is 1. The van der Waals surface area contributed by atoms with Crippen LogP contribution >= 0.6 is 0 Å². The van der Waals surface area contributed by atoms with Gasteiger partial charge in [-0.2, -0.15) is 0 Å². The van der Waals surface area contributed by atoms with E-state index in [-0.39, 0.29) is 11.8 Å². The van der Waals surface area contributed by atoms with E-state index in [9.17, 15) is 9.00 Å². The standard InChI is InChI=1S/C7H13NO2S/c1-6(2)7(9)8-4-3-5-11(8)10/h6H,3-5H2,1-2H3. The van der Waals surface area contributed by atoms with Crippen LogP contribution in [0.2, 0.25) is 0 Å². The molecular formula is C7H13NO2S. The van der Waals surface area contributed by atoms with Crippen LogP contribution in [0.15, 0.2) is 0 Å². The molecule has 1 saturated heterocycles. The van der Waals surface area contributed by atoms with Gasteiger partial charge >= 0.3 is 0 Å². The zero-order chi connectivity index (χ0) is 8.43. The lowest BCUT2D eigenvalue weighted by Crippen LogP contribution is -2.32. The molecule has 0 spiro atoms. The van der Waals surface area contributed by atoms with E-state index < -0.39 is 11.0 Å². The predicted octanol–water partition coefficient (Wildman–Crippen LogP) is 0.538. The minimum absolute atomic E-state index is 0.0147. The van der Waals surface area contributed by atoms with E-state index >= 15 is 0 Å². The van der Waals surface area contributed by atoms with E-state index in [1.165, 1.54) is 4.31 Å². The van der Waals surface area contributed by atoms with Crippen LogP contribution < -0.4 is 0 Å². The summed E-state index contributed by atoms with van der Waals surface area (Å²) in [4.78, 5) is 11.3. The van der Waals surface area contributed by atoms with Crippen LogP contribution in [0.3, 0.4) is 0 Å². The molecule has 11 heavy (non-hydrogen) atoms. The summed E-state index contributed by atoms with van der Waals surface area (Å²) in [6, 6.07) is 0. The van der Waals surface area contributed by atoms with Crippen molar-refractivity contribution in [3.63, 3.8) is 0 Å². The van der Waals surface area contributed by atoms with Crippen molar-refractivity contribution < 1.29 is 9.00 Å². The Kier molecular flexibility index (Phi) is 2.65. The van der Waals surface area contributed by atoms with E-state index in [0.717, 1.165) is 6.42 Å². The second-order valence-electron chi connectivity index (χ2n) is 2.97. The first-order valence-corrected chi connectivity index (χ1v) is 5.10. The van der Waals surface area contributed by atoms with Crippen molar-refractivity contribution in [2.75, 3.05) is 12.3 Å². The summed E-state index contributed by atoms with van der Waals surface area (Å²) in [5.41, 5.74) is 0. The van der Waals surface area contributed by atoms with Gasteiger partial charge in [0.1, 0.15) is 11.0 Å². The smallest absolute Gasteiger partial charge is 0.236 e. The number of nitrogens with zero attached hydrogens (tertiary/aromatic N) is 1. The maximum atomic E-state index is 11.3. The Morgan fingerprint density at radius 3 is 2.55 bits per heavy atom. The third kappa shape index (κ3) is 1.80.